The summed E-state index contributed by atoms with van der Waals surface area (Å²) in [5.74, 6) is -0.750. The largest absolute Gasteiger partial charge is 0.420 e. The minimum absolute atomic E-state index is 0.159. The van der Waals surface area contributed by atoms with E-state index in [-0.39, 0.29) is 5.41 Å². The highest BCUT2D eigenvalue weighted by atomic mass is 19.4. The van der Waals surface area contributed by atoms with Crippen LogP contribution in [0, 0.1) is 0 Å². The van der Waals surface area contributed by atoms with Gasteiger partial charge in [-0.25, -0.2) is 0 Å². The molecule has 0 spiro atoms. The lowest BCUT2D eigenvalue weighted by Gasteiger charge is -2.17. The van der Waals surface area contributed by atoms with E-state index in [1.54, 1.807) is 0 Å². The quantitative estimate of drug-likeness (QED) is 0.940. The van der Waals surface area contributed by atoms with Gasteiger partial charge in [-0.15, -0.1) is 0 Å². The molecular formula is C16H16F3N3O. The van der Waals surface area contributed by atoms with Gasteiger partial charge in [0.15, 0.2) is 0 Å². The highest BCUT2D eigenvalue weighted by Crippen LogP contribution is 2.47. The van der Waals surface area contributed by atoms with Gasteiger partial charge in [-0.1, -0.05) is 30.3 Å². The molecule has 2 aromatic rings. The van der Waals surface area contributed by atoms with Crippen LogP contribution in [0.4, 0.5) is 13.2 Å². The Morgan fingerprint density at radius 2 is 1.96 bits per heavy atom. The molecule has 1 fully saturated rings. The average molecular weight is 323 g/mol. The Hall–Kier alpha value is -2.31. The predicted octanol–water partition coefficient (Wildman–Crippen LogP) is 2.90. The fraction of sp³-hybridized carbons (Fsp3) is 0.375. The molecule has 0 saturated heterocycles. The number of alkyl halides is 3. The number of carbonyl (C=O) groups is 1. The van der Waals surface area contributed by atoms with Gasteiger partial charge in [0.25, 0.3) is 5.91 Å². The van der Waals surface area contributed by atoms with Crippen LogP contribution in [0.1, 0.15) is 34.5 Å². The Morgan fingerprint density at radius 1 is 1.30 bits per heavy atom. The van der Waals surface area contributed by atoms with Crippen LogP contribution in [-0.2, 0) is 18.6 Å². The summed E-state index contributed by atoms with van der Waals surface area (Å²) >= 11 is 0. The van der Waals surface area contributed by atoms with Crippen molar-refractivity contribution in [2.24, 2.45) is 7.05 Å². The van der Waals surface area contributed by atoms with Crippen molar-refractivity contribution in [2.75, 3.05) is 6.54 Å². The molecule has 7 heteroatoms. The molecule has 23 heavy (non-hydrogen) atoms. The normalized spacial score (nSPS) is 16.2. The molecule has 0 aliphatic heterocycles. The topological polar surface area (TPSA) is 46.9 Å². The second kappa shape index (κ2) is 5.40. The number of carbonyl (C=O) groups excluding carboxylic acids is 1. The van der Waals surface area contributed by atoms with Gasteiger partial charge in [0.05, 0.1) is 6.20 Å². The summed E-state index contributed by atoms with van der Waals surface area (Å²) in [5, 5.41) is 6.20. The number of amides is 1. The van der Waals surface area contributed by atoms with Gasteiger partial charge in [-0.3, -0.25) is 9.48 Å². The predicted molar refractivity (Wildman–Crippen MR) is 77.9 cm³/mol. The van der Waals surface area contributed by atoms with Crippen LogP contribution in [0.25, 0.3) is 0 Å². The molecular weight excluding hydrogens is 307 g/mol. The molecule has 1 amide bonds. The number of halogens is 3. The van der Waals surface area contributed by atoms with Crippen LogP contribution in [0.15, 0.2) is 36.5 Å². The zero-order chi connectivity index (χ0) is 16.7. The van der Waals surface area contributed by atoms with E-state index in [0.717, 1.165) is 23.1 Å². The Kier molecular flexibility index (Phi) is 3.66. The molecule has 4 nitrogen and oxygen atoms in total. The van der Waals surface area contributed by atoms with E-state index in [1.807, 2.05) is 30.3 Å². The third-order valence-corrected chi connectivity index (χ3v) is 4.29. The zero-order valence-electron chi connectivity index (χ0n) is 12.5. The smallest absolute Gasteiger partial charge is 0.350 e. The van der Waals surface area contributed by atoms with Gasteiger partial charge in [-0.05, 0) is 18.4 Å². The number of rotatable bonds is 4. The molecule has 1 aliphatic carbocycles. The minimum Gasteiger partial charge on any atom is -0.350 e. The first kappa shape index (κ1) is 15.6. The molecule has 1 saturated carbocycles. The highest BCUT2D eigenvalue weighted by Gasteiger charge is 2.45. The molecule has 0 bridgehead atoms. The first-order chi connectivity index (χ1) is 10.8. The maximum absolute atomic E-state index is 12.9. The molecule has 1 aliphatic rings. The van der Waals surface area contributed by atoms with E-state index >= 15 is 0 Å². The SMILES string of the molecule is Cn1ncc(C(F)(F)F)c1C(=O)NCC1(c2ccccc2)CC1. The molecule has 0 atom stereocenters. The number of nitrogens with one attached hydrogen (secondary N) is 1. The van der Waals surface area contributed by atoms with E-state index in [0.29, 0.717) is 12.7 Å². The second-order valence-corrected chi connectivity index (χ2v) is 5.86. The molecule has 1 N–H and O–H groups in total. The fourth-order valence-corrected chi connectivity index (χ4v) is 2.76. The molecule has 0 unspecified atom stereocenters. The summed E-state index contributed by atoms with van der Waals surface area (Å²) in [4.78, 5) is 12.2. The number of benzene rings is 1. The lowest BCUT2D eigenvalue weighted by molar-refractivity contribution is -0.138. The summed E-state index contributed by atoms with van der Waals surface area (Å²) in [6, 6.07) is 9.69. The number of aromatic nitrogens is 2. The van der Waals surface area contributed by atoms with Crippen molar-refractivity contribution in [3.05, 3.63) is 53.3 Å². The lowest BCUT2D eigenvalue weighted by Crippen LogP contribution is -2.34. The van der Waals surface area contributed by atoms with E-state index in [2.05, 4.69) is 10.4 Å². The summed E-state index contributed by atoms with van der Waals surface area (Å²) < 4.78 is 39.8. The molecule has 122 valence electrons. The first-order valence-corrected chi connectivity index (χ1v) is 7.26. The summed E-state index contributed by atoms with van der Waals surface area (Å²) in [5.41, 5.74) is -0.529. The van der Waals surface area contributed by atoms with E-state index in [1.165, 1.54) is 7.05 Å². The monoisotopic (exact) mass is 323 g/mol. The zero-order valence-corrected chi connectivity index (χ0v) is 12.5. The molecule has 0 radical (unpaired) electrons. The van der Waals surface area contributed by atoms with Gasteiger partial charge < -0.3 is 5.32 Å². The lowest BCUT2D eigenvalue weighted by atomic mass is 9.96. The van der Waals surface area contributed by atoms with Crippen LogP contribution < -0.4 is 5.32 Å². The van der Waals surface area contributed by atoms with Crippen LogP contribution >= 0.6 is 0 Å². The van der Waals surface area contributed by atoms with Crippen molar-refractivity contribution in [1.29, 1.82) is 0 Å². The van der Waals surface area contributed by atoms with Crippen LogP contribution in [0.3, 0.4) is 0 Å². The van der Waals surface area contributed by atoms with Crippen molar-refractivity contribution in [1.82, 2.24) is 15.1 Å². The third kappa shape index (κ3) is 2.95. The standard InChI is InChI=1S/C16H16F3N3O/c1-22-13(12(9-21-22)16(17,18)19)14(23)20-10-15(7-8-15)11-5-3-2-4-6-11/h2-6,9H,7-8,10H2,1H3,(H,20,23). The van der Waals surface area contributed by atoms with Gasteiger partial charge >= 0.3 is 6.18 Å². The Bertz CT molecular complexity index is 718. The van der Waals surface area contributed by atoms with Crippen LogP contribution in [0.2, 0.25) is 0 Å². The summed E-state index contributed by atoms with van der Waals surface area (Å²) in [7, 11) is 1.33. The highest BCUT2D eigenvalue weighted by molar-refractivity contribution is 5.94. The van der Waals surface area contributed by atoms with Gasteiger partial charge in [0, 0.05) is 19.0 Å². The molecule has 3 rings (SSSR count). The van der Waals surface area contributed by atoms with Crippen molar-refractivity contribution < 1.29 is 18.0 Å². The number of hydrogen-bond acceptors (Lipinski definition) is 2. The second-order valence-electron chi connectivity index (χ2n) is 5.86. The number of hydrogen-bond donors (Lipinski definition) is 1. The van der Waals surface area contributed by atoms with Gasteiger partial charge in [-0.2, -0.15) is 18.3 Å². The van der Waals surface area contributed by atoms with E-state index < -0.39 is 23.3 Å². The average Bonchev–Trinajstić information content (AvgIpc) is 3.20. The fourth-order valence-electron chi connectivity index (χ4n) is 2.76. The van der Waals surface area contributed by atoms with Crippen molar-refractivity contribution in [3.63, 3.8) is 0 Å². The van der Waals surface area contributed by atoms with Crippen molar-refractivity contribution in [2.45, 2.75) is 24.4 Å². The van der Waals surface area contributed by atoms with E-state index in [9.17, 15) is 18.0 Å². The Balaban J connectivity index is 1.75. The third-order valence-electron chi connectivity index (χ3n) is 4.29. The maximum Gasteiger partial charge on any atom is 0.420 e. The first-order valence-electron chi connectivity index (χ1n) is 7.26. The summed E-state index contributed by atoms with van der Waals surface area (Å²) in [6.07, 6.45) is -2.10. The van der Waals surface area contributed by atoms with Crippen LogP contribution in [-0.4, -0.2) is 22.2 Å². The van der Waals surface area contributed by atoms with Gasteiger partial charge in [0.2, 0.25) is 0 Å². The van der Waals surface area contributed by atoms with Gasteiger partial charge in [0.1, 0.15) is 11.3 Å². The number of nitrogens with zero attached hydrogens (tertiary/aromatic N) is 2. The van der Waals surface area contributed by atoms with Crippen molar-refractivity contribution >= 4 is 5.91 Å². The van der Waals surface area contributed by atoms with Crippen LogP contribution in [0.5, 0.6) is 0 Å². The maximum atomic E-state index is 12.9. The van der Waals surface area contributed by atoms with E-state index in [4.69, 9.17) is 0 Å². The van der Waals surface area contributed by atoms with Crippen molar-refractivity contribution in [3.8, 4) is 0 Å². The number of aryl methyl sites for hydroxylation is 1. The Labute approximate surface area is 131 Å². The summed E-state index contributed by atoms with van der Waals surface area (Å²) in [6.45, 7) is 0.318. The molecule has 1 aromatic carbocycles. The Morgan fingerprint density at radius 3 is 2.52 bits per heavy atom. The molecule has 1 heterocycles. The minimum atomic E-state index is -4.60. The molecule has 1 aromatic heterocycles.